The number of H-pyrrole nitrogens is 1. The lowest BCUT2D eigenvalue weighted by molar-refractivity contribution is 0.688. The monoisotopic (exact) mass is 235 g/mol. The second-order valence-corrected chi connectivity index (χ2v) is 5.39. The first-order valence-electron chi connectivity index (χ1n) is 5.42. The fourth-order valence-corrected chi connectivity index (χ4v) is 2.64. The van der Waals surface area contributed by atoms with Crippen LogP contribution < -0.4 is 5.32 Å². The number of hydrogen-bond donors (Lipinski definition) is 2. The molecule has 2 aromatic heterocycles. The Bertz CT molecular complexity index is 451. The third-order valence-corrected chi connectivity index (χ3v) is 3.74. The van der Waals surface area contributed by atoms with Gasteiger partial charge in [0.15, 0.2) is 0 Å². The molecule has 2 N–H and O–H groups in total. The molecule has 0 aliphatic carbocycles. The maximum absolute atomic E-state index is 4.17. The predicted octanol–water partition coefficient (Wildman–Crippen LogP) is 2.69. The Morgan fingerprint density at radius 3 is 2.69 bits per heavy atom. The summed E-state index contributed by atoms with van der Waals surface area (Å²) < 4.78 is 0. The van der Waals surface area contributed by atoms with E-state index < -0.39 is 0 Å². The highest BCUT2D eigenvalue weighted by Gasteiger charge is 2.01. The van der Waals surface area contributed by atoms with Gasteiger partial charge in [0.05, 0.1) is 0 Å². The normalized spacial score (nSPS) is 10.9. The van der Waals surface area contributed by atoms with Gasteiger partial charge >= 0.3 is 0 Å². The Hall–Kier alpha value is -1.13. The zero-order chi connectivity index (χ0) is 11.5. The number of nitrogens with zero attached hydrogens (tertiary/aromatic N) is 1. The molecular weight excluding hydrogens is 218 g/mol. The molecule has 2 heterocycles. The lowest BCUT2D eigenvalue weighted by Crippen LogP contribution is -2.11. The minimum Gasteiger partial charge on any atom is -0.345 e. The van der Waals surface area contributed by atoms with Crippen molar-refractivity contribution in [3.63, 3.8) is 0 Å². The van der Waals surface area contributed by atoms with E-state index in [0.29, 0.717) is 0 Å². The van der Waals surface area contributed by atoms with Crippen LogP contribution in [-0.2, 0) is 13.1 Å². The summed E-state index contributed by atoms with van der Waals surface area (Å²) in [6, 6.07) is 2.26. The Morgan fingerprint density at radius 1 is 1.31 bits per heavy atom. The van der Waals surface area contributed by atoms with Crippen LogP contribution in [0.3, 0.4) is 0 Å². The van der Waals surface area contributed by atoms with Gasteiger partial charge in [-0.25, -0.2) is 4.98 Å². The van der Waals surface area contributed by atoms with E-state index >= 15 is 0 Å². The molecule has 86 valence electrons. The van der Waals surface area contributed by atoms with Crippen LogP contribution in [-0.4, -0.2) is 9.97 Å². The van der Waals surface area contributed by atoms with E-state index in [9.17, 15) is 0 Å². The van der Waals surface area contributed by atoms with Crippen LogP contribution in [0.25, 0.3) is 0 Å². The number of thiophene rings is 1. The van der Waals surface area contributed by atoms with Crippen LogP contribution in [0.2, 0.25) is 0 Å². The van der Waals surface area contributed by atoms with Crippen LogP contribution >= 0.6 is 11.3 Å². The number of aromatic amines is 1. The minimum atomic E-state index is 0.844. The first-order valence-corrected chi connectivity index (χ1v) is 6.24. The molecule has 2 aromatic rings. The molecule has 0 unspecified atom stereocenters. The maximum Gasteiger partial charge on any atom is 0.103 e. The van der Waals surface area contributed by atoms with Gasteiger partial charge < -0.3 is 10.3 Å². The zero-order valence-corrected chi connectivity index (χ0v) is 10.7. The minimum absolute atomic E-state index is 0.844. The van der Waals surface area contributed by atoms with Gasteiger partial charge in [-0.3, -0.25) is 0 Å². The molecule has 0 atom stereocenters. The predicted molar refractivity (Wildman–Crippen MR) is 67.7 cm³/mol. The van der Waals surface area contributed by atoms with Crippen molar-refractivity contribution < 1.29 is 0 Å². The summed E-state index contributed by atoms with van der Waals surface area (Å²) >= 11 is 1.87. The molecule has 3 nitrogen and oxygen atoms in total. The van der Waals surface area contributed by atoms with Crippen molar-refractivity contribution >= 4 is 11.3 Å². The quantitative estimate of drug-likeness (QED) is 0.855. The summed E-state index contributed by atoms with van der Waals surface area (Å²) in [6.07, 6.45) is 1.88. The molecule has 0 aliphatic heterocycles. The molecule has 0 amide bonds. The molecule has 0 fully saturated rings. The second-order valence-electron chi connectivity index (χ2n) is 4.05. The SMILES string of the molecule is Cc1ncc(CNCc2cc(C)c(C)s2)[nH]1. The van der Waals surface area contributed by atoms with Gasteiger partial charge in [0.2, 0.25) is 0 Å². The summed E-state index contributed by atoms with van der Waals surface area (Å²) in [6.45, 7) is 8.07. The first-order chi connectivity index (χ1) is 7.65. The van der Waals surface area contributed by atoms with E-state index in [1.165, 1.54) is 15.3 Å². The molecule has 0 spiro atoms. The van der Waals surface area contributed by atoms with E-state index in [0.717, 1.165) is 24.6 Å². The second kappa shape index (κ2) is 4.80. The lowest BCUT2D eigenvalue weighted by atomic mass is 10.3. The number of rotatable bonds is 4. The highest BCUT2D eigenvalue weighted by atomic mass is 32.1. The molecule has 0 aromatic carbocycles. The molecule has 0 saturated heterocycles. The zero-order valence-electron chi connectivity index (χ0n) is 9.92. The molecule has 2 rings (SSSR count). The van der Waals surface area contributed by atoms with Crippen LogP contribution in [0, 0.1) is 20.8 Å². The van der Waals surface area contributed by atoms with Gasteiger partial charge in [-0.05, 0) is 32.4 Å². The van der Waals surface area contributed by atoms with Gasteiger partial charge in [0.25, 0.3) is 0 Å². The van der Waals surface area contributed by atoms with Crippen molar-refractivity contribution in [3.05, 3.63) is 39.1 Å². The van der Waals surface area contributed by atoms with Crippen LogP contribution in [0.1, 0.15) is 26.8 Å². The first kappa shape index (κ1) is 11.4. The van der Waals surface area contributed by atoms with Gasteiger partial charge in [0, 0.05) is 34.7 Å². The highest BCUT2D eigenvalue weighted by molar-refractivity contribution is 7.12. The third-order valence-electron chi connectivity index (χ3n) is 2.59. The Morgan fingerprint density at radius 2 is 2.12 bits per heavy atom. The van der Waals surface area contributed by atoms with Crippen molar-refractivity contribution in [1.82, 2.24) is 15.3 Å². The summed E-state index contributed by atoms with van der Waals surface area (Å²) in [7, 11) is 0. The van der Waals surface area contributed by atoms with E-state index in [1.807, 2.05) is 24.5 Å². The summed E-state index contributed by atoms with van der Waals surface area (Å²) in [5.74, 6) is 0.972. The molecule has 0 aliphatic rings. The van der Waals surface area contributed by atoms with Crippen LogP contribution in [0.4, 0.5) is 0 Å². The molecule has 0 radical (unpaired) electrons. The topological polar surface area (TPSA) is 40.7 Å². The van der Waals surface area contributed by atoms with Crippen LogP contribution in [0.5, 0.6) is 0 Å². The highest BCUT2D eigenvalue weighted by Crippen LogP contribution is 2.20. The lowest BCUT2D eigenvalue weighted by Gasteiger charge is -2.00. The van der Waals surface area contributed by atoms with Gasteiger partial charge in [0.1, 0.15) is 5.82 Å². The average Bonchev–Trinajstić information content (AvgIpc) is 2.75. The van der Waals surface area contributed by atoms with Crippen LogP contribution in [0.15, 0.2) is 12.3 Å². The van der Waals surface area contributed by atoms with Crippen molar-refractivity contribution in [3.8, 4) is 0 Å². The maximum atomic E-state index is 4.17. The number of aromatic nitrogens is 2. The Labute approximate surface area is 99.9 Å². The van der Waals surface area contributed by atoms with Gasteiger partial charge in [-0.1, -0.05) is 0 Å². The molecule has 4 heteroatoms. The largest absolute Gasteiger partial charge is 0.345 e. The van der Waals surface area contributed by atoms with Gasteiger partial charge in [-0.2, -0.15) is 0 Å². The van der Waals surface area contributed by atoms with Crippen molar-refractivity contribution in [1.29, 1.82) is 0 Å². The summed E-state index contributed by atoms with van der Waals surface area (Å²) in [5, 5.41) is 3.41. The number of aryl methyl sites for hydroxylation is 3. The molecule has 0 bridgehead atoms. The standard InChI is InChI=1S/C12H17N3S/c1-8-4-12(16-9(8)2)7-13-5-11-6-14-10(3)15-11/h4,6,13H,5,7H2,1-3H3,(H,14,15). The fraction of sp³-hybridized carbons (Fsp3) is 0.417. The van der Waals surface area contributed by atoms with Crippen molar-refractivity contribution in [2.24, 2.45) is 0 Å². The number of nitrogens with one attached hydrogen (secondary N) is 2. The number of hydrogen-bond acceptors (Lipinski definition) is 3. The average molecular weight is 235 g/mol. The third kappa shape index (κ3) is 2.71. The van der Waals surface area contributed by atoms with Gasteiger partial charge in [-0.15, -0.1) is 11.3 Å². The molecule has 16 heavy (non-hydrogen) atoms. The van der Waals surface area contributed by atoms with E-state index in [2.05, 4.69) is 35.2 Å². The summed E-state index contributed by atoms with van der Waals surface area (Å²) in [5.41, 5.74) is 2.53. The molecule has 0 saturated carbocycles. The fourth-order valence-electron chi connectivity index (χ4n) is 1.62. The van der Waals surface area contributed by atoms with Crippen molar-refractivity contribution in [2.75, 3.05) is 0 Å². The summed E-state index contributed by atoms with van der Waals surface area (Å²) in [4.78, 5) is 10.2. The number of imidazole rings is 1. The van der Waals surface area contributed by atoms with E-state index in [-0.39, 0.29) is 0 Å². The van der Waals surface area contributed by atoms with Crippen molar-refractivity contribution in [2.45, 2.75) is 33.9 Å². The van der Waals surface area contributed by atoms with E-state index in [4.69, 9.17) is 0 Å². The smallest absolute Gasteiger partial charge is 0.103 e. The Kier molecular flexibility index (Phi) is 3.41. The van der Waals surface area contributed by atoms with E-state index in [1.54, 1.807) is 0 Å². The Balaban J connectivity index is 1.84. The molecular formula is C12H17N3S.